The summed E-state index contributed by atoms with van der Waals surface area (Å²) < 4.78 is 0. The molecule has 0 aliphatic heterocycles. The summed E-state index contributed by atoms with van der Waals surface area (Å²) in [5.74, 6) is 0. The maximum atomic E-state index is 10.2. The average Bonchev–Trinajstić information content (AvgIpc) is 2.52. The topological polar surface area (TPSA) is 32.3 Å². The highest BCUT2D eigenvalue weighted by atomic mass is 16.3. The van der Waals surface area contributed by atoms with Gasteiger partial charge in [0.2, 0.25) is 0 Å². The number of benzene rings is 2. The highest BCUT2D eigenvalue weighted by molar-refractivity contribution is 5.23. The Morgan fingerprint density at radius 1 is 1.00 bits per heavy atom. The molecule has 2 aromatic carbocycles. The Kier molecular flexibility index (Phi) is 5.97. The molecule has 0 fully saturated rings. The van der Waals surface area contributed by atoms with Crippen LogP contribution in [-0.4, -0.2) is 17.7 Å². The molecule has 2 atom stereocenters. The zero-order valence-corrected chi connectivity index (χ0v) is 12.9. The van der Waals surface area contributed by atoms with Crippen molar-refractivity contribution in [3.8, 4) is 0 Å². The van der Waals surface area contributed by atoms with E-state index < -0.39 is 6.10 Å². The zero-order valence-electron chi connectivity index (χ0n) is 12.9. The van der Waals surface area contributed by atoms with Crippen molar-refractivity contribution in [3.63, 3.8) is 0 Å². The molecule has 0 spiro atoms. The molecule has 21 heavy (non-hydrogen) atoms. The van der Waals surface area contributed by atoms with E-state index in [4.69, 9.17) is 0 Å². The van der Waals surface area contributed by atoms with Gasteiger partial charge < -0.3 is 10.4 Å². The maximum absolute atomic E-state index is 10.2. The van der Waals surface area contributed by atoms with E-state index in [1.54, 1.807) is 0 Å². The quantitative estimate of drug-likeness (QED) is 0.813. The van der Waals surface area contributed by atoms with Crippen LogP contribution in [-0.2, 0) is 6.42 Å². The van der Waals surface area contributed by atoms with Gasteiger partial charge in [-0.3, -0.25) is 0 Å². The predicted octanol–water partition coefficient (Wildman–Crippen LogP) is 3.64. The maximum Gasteiger partial charge on any atom is 0.0914 e. The first-order chi connectivity index (χ1) is 10.1. The lowest BCUT2D eigenvalue weighted by molar-refractivity contribution is 0.170. The number of aryl methyl sites for hydroxylation is 2. The number of aliphatic hydroxyl groups is 1. The van der Waals surface area contributed by atoms with Crippen molar-refractivity contribution in [2.75, 3.05) is 6.54 Å². The van der Waals surface area contributed by atoms with E-state index in [9.17, 15) is 5.11 Å². The summed E-state index contributed by atoms with van der Waals surface area (Å²) in [6.07, 6.45) is 1.70. The molecule has 2 nitrogen and oxygen atoms in total. The Morgan fingerprint density at radius 2 is 1.67 bits per heavy atom. The highest BCUT2D eigenvalue weighted by Gasteiger charge is 2.09. The van der Waals surface area contributed by atoms with E-state index in [0.29, 0.717) is 12.6 Å². The van der Waals surface area contributed by atoms with Crippen LogP contribution in [0.15, 0.2) is 54.6 Å². The van der Waals surface area contributed by atoms with Crippen LogP contribution in [0.1, 0.15) is 36.1 Å². The van der Waals surface area contributed by atoms with Crippen LogP contribution in [0.5, 0.6) is 0 Å². The first-order valence-electron chi connectivity index (χ1n) is 7.67. The lowest BCUT2D eigenvalue weighted by atomic mass is 10.0. The molecule has 112 valence electrons. The second-order valence-electron chi connectivity index (χ2n) is 5.76. The summed E-state index contributed by atoms with van der Waals surface area (Å²) >= 11 is 0. The fourth-order valence-corrected chi connectivity index (χ4v) is 2.35. The molecule has 2 N–H and O–H groups in total. The van der Waals surface area contributed by atoms with Gasteiger partial charge in [-0.1, -0.05) is 60.2 Å². The first kappa shape index (κ1) is 15.7. The minimum Gasteiger partial charge on any atom is -0.387 e. The monoisotopic (exact) mass is 283 g/mol. The predicted molar refractivity (Wildman–Crippen MR) is 88.4 cm³/mol. The van der Waals surface area contributed by atoms with E-state index >= 15 is 0 Å². The van der Waals surface area contributed by atoms with Crippen LogP contribution in [0.4, 0.5) is 0 Å². The summed E-state index contributed by atoms with van der Waals surface area (Å²) in [5.41, 5.74) is 3.56. The third kappa shape index (κ3) is 5.33. The fourth-order valence-electron chi connectivity index (χ4n) is 2.35. The van der Waals surface area contributed by atoms with Gasteiger partial charge >= 0.3 is 0 Å². The molecule has 2 heteroatoms. The van der Waals surface area contributed by atoms with Gasteiger partial charge in [0, 0.05) is 12.6 Å². The summed E-state index contributed by atoms with van der Waals surface area (Å²) in [6, 6.07) is 19.0. The van der Waals surface area contributed by atoms with Crippen molar-refractivity contribution in [1.29, 1.82) is 0 Å². The number of aliphatic hydroxyl groups excluding tert-OH is 1. The standard InChI is InChI=1S/C19H25NO/c1-15-8-12-18(13-9-15)19(21)14-20-16(2)10-11-17-6-4-3-5-7-17/h3-9,12-13,16,19-21H,10-11,14H2,1-2H3/t16-,19-/m0/s1. The molecule has 0 amide bonds. The van der Waals surface area contributed by atoms with Crippen molar-refractivity contribution in [2.24, 2.45) is 0 Å². The van der Waals surface area contributed by atoms with Gasteiger partial charge in [0.15, 0.2) is 0 Å². The van der Waals surface area contributed by atoms with E-state index in [1.165, 1.54) is 11.1 Å². The van der Waals surface area contributed by atoms with Crippen molar-refractivity contribution in [3.05, 3.63) is 71.3 Å². The largest absolute Gasteiger partial charge is 0.387 e. The molecular weight excluding hydrogens is 258 g/mol. The molecule has 0 aliphatic rings. The van der Waals surface area contributed by atoms with E-state index in [0.717, 1.165) is 18.4 Å². The van der Waals surface area contributed by atoms with Crippen LogP contribution in [0.2, 0.25) is 0 Å². The number of nitrogens with one attached hydrogen (secondary N) is 1. The van der Waals surface area contributed by atoms with Gasteiger partial charge in [-0.05, 0) is 37.8 Å². The Bertz CT molecular complexity index is 521. The van der Waals surface area contributed by atoms with Gasteiger partial charge in [0.1, 0.15) is 0 Å². The molecular formula is C19H25NO. The summed E-state index contributed by atoms with van der Waals surface area (Å²) in [7, 11) is 0. The third-order valence-electron chi connectivity index (χ3n) is 3.83. The van der Waals surface area contributed by atoms with Crippen molar-refractivity contribution in [2.45, 2.75) is 38.8 Å². The Hall–Kier alpha value is -1.64. The van der Waals surface area contributed by atoms with Gasteiger partial charge in [-0.15, -0.1) is 0 Å². The number of hydrogen-bond acceptors (Lipinski definition) is 2. The molecule has 0 bridgehead atoms. The average molecular weight is 283 g/mol. The molecule has 0 radical (unpaired) electrons. The lowest BCUT2D eigenvalue weighted by Gasteiger charge is -2.17. The van der Waals surface area contributed by atoms with Gasteiger partial charge in [-0.2, -0.15) is 0 Å². The normalized spacial score (nSPS) is 13.9. The number of rotatable bonds is 7. The highest BCUT2D eigenvalue weighted by Crippen LogP contribution is 2.13. The van der Waals surface area contributed by atoms with E-state index in [-0.39, 0.29) is 0 Å². The van der Waals surface area contributed by atoms with Crippen molar-refractivity contribution >= 4 is 0 Å². The summed E-state index contributed by atoms with van der Waals surface area (Å²) in [4.78, 5) is 0. The van der Waals surface area contributed by atoms with Gasteiger partial charge in [0.05, 0.1) is 6.10 Å². The van der Waals surface area contributed by atoms with Crippen molar-refractivity contribution < 1.29 is 5.11 Å². The Labute approximate surface area is 127 Å². The van der Waals surface area contributed by atoms with Crippen molar-refractivity contribution in [1.82, 2.24) is 5.32 Å². The number of hydrogen-bond donors (Lipinski definition) is 2. The smallest absolute Gasteiger partial charge is 0.0914 e. The summed E-state index contributed by atoms with van der Waals surface area (Å²) in [5, 5.41) is 13.6. The first-order valence-corrected chi connectivity index (χ1v) is 7.67. The SMILES string of the molecule is Cc1ccc([C@@H](O)CN[C@@H](C)CCc2ccccc2)cc1. The molecule has 0 unspecified atom stereocenters. The Morgan fingerprint density at radius 3 is 2.33 bits per heavy atom. The molecule has 0 heterocycles. The van der Waals surface area contributed by atoms with Crippen LogP contribution in [0.3, 0.4) is 0 Å². The second-order valence-corrected chi connectivity index (χ2v) is 5.76. The molecule has 0 aromatic heterocycles. The van der Waals surface area contributed by atoms with Crippen LogP contribution in [0.25, 0.3) is 0 Å². The van der Waals surface area contributed by atoms with Crippen LogP contribution < -0.4 is 5.32 Å². The van der Waals surface area contributed by atoms with Gasteiger partial charge in [-0.25, -0.2) is 0 Å². The van der Waals surface area contributed by atoms with E-state index in [2.05, 4.69) is 43.4 Å². The van der Waals surface area contributed by atoms with Crippen LogP contribution >= 0.6 is 0 Å². The molecule has 0 saturated carbocycles. The molecule has 0 saturated heterocycles. The Balaban J connectivity index is 1.73. The molecule has 2 rings (SSSR count). The second kappa shape index (κ2) is 7.96. The minimum atomic E-state index is -0.440. The van der Waals surface area contributed by atoms with Crippen LogP contribution in [0, 0.1) is 6.92 Å². The third-order valence-corrected chi connectivity index (χ3v) is 3.83. The minimum absolute atomic E-state index is 0.394. The fraction of sp³-hybridized carbons (Fsp3) is 0.368. The van der Waals surface area contributed by atoms with E-state index in [1.807, 2.05) is 30.3 Å². The molecule has 2 aromatic rings. The lowest BCUT2D eigenvalue weighted by Crippen LogP contribution is -2.30. The zero-order chi connectivity index (χ0) is 15.1. The van der Waals surface area contributed by atoms with Gasteiger partial charge in [0.25, 0.3) is 0 Å². The summed E-state index contributed by atoms with van der Waals surface area (Å²) in [6.45, 7) is 4.82. The molecule has 0 aliphatic carbocycles.